The maximum absolute atomic E-state index is 12.8. The zero-order chi connectivity index (χ0) is 15.4. The minimum atomic E-state index is -0.259. The molecule has 0 radical (unpaired) electrons. The quantitative estimate of drug-likeness (QED) is 0.917. The van der Waals surface area contributed by atoms with Crippen molar-refractivity contribution in [2.75, 3.05) is 13.1 Å². The van der Waals surface area contributed by atoms with Crippen molar-refractivity contribution in [2.45, 2.75) is 25.4 Å². The van der Waals surface area contributed by atoms with Crippen LogP contribution >= 0.6 is 11.3 Å². The molecule has 0 bridgehead atoms. The second kappa shape index (κ2) is 7.03. The Morgan fingerprint density at radius 1 is 1.32 bits per heavy atom. The first-order chi connectivity index (χ1) is 10.7. The zero-order valence-corrected chi connectivity index (χ0v) is 13.1. The van der Waals surface area contributed by atoms with Crippen LogP contribution in [0.1, 0.15) is 30.0 Å². The molecule has 1 fully saturated rings. The molecule has 3 nitrogen and oxygen atoms in total. The third-order valence-corrected chi connectivity index (χ3v) is 4.74. The number of halogens is 1. The molecule has 1 aliphatic rings. The number of rotatable bonds is 5. The Labute approximate surface area is 133 Å². The average molecular weight is 318 g/mol. The molecule has 1 saturated heterocycles. The van der Waals surface area contributed by atoms with Crippen LogP contribution < -0.4 is 5.32 Å². The summed E-state index contributed by atoms with van der Waals surface area (Å²) in [4.78, 5) is 14.4. The van der Waals surface area contributed by atoms with Gasteiger partial charge in [-0.15, -0.1) is 0 Å². The summed E-state index contributed by atoms with van der Waals surface area (Å²) >= 11 is 1.70. The summed E-state index contributed by atoms with van der Waals surface area (Å²) in [6, 6.07) is 8.72. The number of carbonyl (C=O) groups is 1. The Balaban J connectivity index is 1.52. The molecular weight excluding hydrogens is 299 g/mol. The van der Waals surface area contributed by atoms with Gasteiger partial charge in [0.15, 0.2) is 0 Å². The van der Waals surface area contributed by atoms with E-state index < -0.39 is 0 Å². The molecule has 1 aromatic carbocycles. The normalized spacial score (nSPS) is 18.5. The number of nitrogens with zero attached hydrogens (tertiary/aromatic N) is 1. The van der Waals surface area contributed by atoms with Gasteiger partial charge in [-0.1, -0.05) is 12.1 Å². The van der Waals surface area contributed by atoms with Crippen molar-refractivity contribution in [1.82, 2.24) is 10.2 Å². The third-order valence-electron chi connectivity index (χ3n) is 4.04. The fourth-order valence-electron chi connectivity index (χ4n) is 2.90. The summed E-state index contributed by atoms with van der Waals surface area (Å²) in [5.74, 6) is -0.239. The first-order valence-electron chi connectivity index (χ1n) is 7.49. The van der Waals surface area contributed by atoms with E-state index in [1.807, 2.05) is 0 Å². The highest BCUT2D eigenvalue weighted by Crippen LogP contribution is 2.32. The van der Waals surface area contributed by atoms with Gasteiger partial charge >= 0.3 is 0 Å². The molecular formula is C17H19FN2OS. The summed E-state index contributed by atoms with van der Waals surface area (Å²) in [5, 5.41) is 7.16. The van der Waals surface area contributed by atoms with Gasteiger partial charge in [0, 0.05) is 12.6 Å². The summed E-state index contributed by atoms with van der Waals surface area (Å²) in [6.07, 6.45) is 2.24. The number of amides is 1. The number of likely N-dealkylation sites (tertiary alicyclic amines) is 1. The summed E-state index contributed by atoms with van der Waals surface area (Å²) in [6.45, 7) is 1.82. The van der Waals surface area contributed by atoms with Crippen LogP contribution in [0.2, 0.25) is 0 Å². The van der Waals surface area contributed by atoms with Crippen LogP contribution in [0.25, 0.3) is 0 Å². The van der Waals surface area contributed by atoms with Gasteiger partial charge in [0.05, 0.1) is 6.54 Å². The van der Waals surface area contributed by atoms with E-state index in [1.165, 1.54) is 17.7 Å². The lowest BCUT2D eigenvalue weighted by atomic mass is 10.1. The van der Waals surface area contributed by atoms with E-state index >= 15 is 0 Å². The molecule has 1 amide bonds. The van der Waals surface area contributed by atoms with Gasteiger partial charge in [0.1, 0.15) is 5.82 Å². The van der Waals surface area contributed by atoms with Crippen molar-refractivity contribution >= 4 is 17.2 Å². The van der Waals surface area contributed by atoms with E-state index in [0.29, 0.717) is 19.1 Å². The van der Waals surface area contributed by atoms with Crippen molar-refractivity contribution in [3.05, 3.63) is 58.0 Å². The lowest BCUT2D eigenvalue weighted by Crippen LogP contribution is -2.36. The van der Waals surface area contributed by atoms with E-state index in [-0.39, 0.29) is 11.7 Å². The summed E-state index contributed by atoms with van der Waals surface area (Å²) in [5.41, 5.74) is 2.22. The monoisotopic (exact) mass is 318 g/mol. The van der Waals surface area contributed by atoms with Crippen LogP contribution in [-0.2, 0) is 11.3 Å². The summed E-state index contributed by atoms with van der Waals surface area (Å²) in [7, 11) is 0. The first-order valence-corrected chi connectivity index (χ1v) is 8.44. The van der Waals surface area contributed by atoms with Crippen LogP contribution in [0.3, 0.4) is 0 Å². The highest BCUT2D eigenvalue weighted by molar-refractivity contribution is 7.07. The molecule has 2 heterocycles. The highest BCUT2D eigenvalue weighted by Gasteiger charge is 2.27. The topological polar surface area (TPSA) is 32.3 Å². The highest BCUT2D eigenvalue weighted by atomic mass is 32.1. The van der Waals surface area contributed by atoms with Crippen molar-refractivity contribution in [3.8, 4) is 0 Å². The number of hydrogen-bond donors (Lipinski definition) is 1. The van der Waals surface area contributed by atoms with Gasteiger partial charge in [-0.25, -0.2) is 4.39 Å². The smallest absolute Gasteiger partial charge is 0.234 e. The molecule has 2 aromatic rings. The fourth-order valence-corrected chi connectivity index (χ4v) is 3.61. The molecule has 1 atom stereocenters. The fraction of sp³-hybridized carbons (Fsp3) is 0.353. The van der Waals surface area contributed by atoms with E-state index in [9.17, 15) is 9.18 Å². The third kappa shape index (κ3) is 3.72. The molecule has 5 heteroatoms. The average Bonchev–Trinajstić information content (AvgIpc) is 3.17. The molecule has 3 rings (SSSR count). The predicted octanol–water partition coefficient (Wildman–Crippen LogP) is 3.34. The van der Waals surface area contributed by atoms with Crippen molar-refractivity contribution in [1.29, 1.82) is 0 Å². The van der Waals surface area contributed by atoms with E-state index in [2.05, 4.69) is 27.0 Å². The van der Waals surface area contributed by atoms with Gasteiger partial charge in [-0.3, -0.25) is 9.69 Å². The van der Waals surface area contributed by atoms with Crippen LogP contribution in [-0.4, -0.2) is 23.9 Å². The first kappa shape index (κ1) is 15.2. The van der Waals surface area contributed by atoms with Crippen LogP contribution in [0, 0.1) is 5.82 Å². The minimum Gasteiger partial charge on any atom is -0.351 e. The summed E-state index contributed by atoms with van der Waals surface area (Å²) < 4.78 is 12.8. The number of benzene rings is 1. The molecule has 1 aliphatic heterocycles. The zero-order valence-electron chi connectivity index (χ0n) is 12.3. The van der Waals surface area contributed by atoms with Gasteiger partial charge in [-0.05, 0) is 59.5 Å². The van der Waals surface area contributed by atoms with Gasteiger partial charge in [-0.2, -0.15) is 11.3 Å². The number of carbonyl (C=O) groups excluding carboxylic acids is 1. The van der Waals surface area contributed by atoms with Gasteiger partial charge in [0.2, 0.25) is 5.91 Å². The molecule has 116 valence electrons. The molecule has 0 aliphatic carbocycles. The number of hydrogen-bond acceptors (Lipinski definition) is 3. The molecule has 22 heavy (non-hydrogen) atoms. The molecule has 1 unspecified atom stereocenters. The van der Waals surface area contributed by atoms with E-state index in [1.54, 1.807) is 23.5 Å². The Bertz CT molecular complexity index is 612. The SMILES string of the molecule is O=C(CN1CCCC1c1ccsc1)NCc1ccc(F)cc1. The lowest BCUT2D eigenvalue weighted by molar-refractivity contribution is -0.122. The maximum Gasteiger partial charge on any atom is 0.234 e. The van der Waals surface area contributed by atoms with E-state index in [0.717, 1.165) is 24.9 Å². The molecule has 0 spiro atoms. The van der Waals surface area contributed by atoms with Gasteiger partial charge in [0.25, 0.3) is 0 Å². The van der Waals surface area contributed by atoms with Crippen molar-refractivity contribution < 1.29 is 9.18 Å². The number of thiophene rings is 1. The standard InChI is InChI=1S/C17H19FN2OS/c18-15-5-3-13(4-6-15)10-19-17(21)11-20-8-1-2-16(20)14-7-9-22-12-14/h3-7,9,12,16H,1-2,8,10-11H2,(H,19,21). The van der Waals surface area contributed by atoms with E-state index in [4.69, 9.17) is 0 Å². The van der Waals surface area contributed by atoms with Crippen LogP contribution in [0.4, 0.5) is 4.39 Å². The Kier molecular flexibility index (Phi) is 4.85. The second-order valence-electron chi connectivity index (χ2n) is 5.59. The van der Waals surface area contributed by atoms with Crippen molar-refractivity contribution in [3.63, 3.8) is 0 Å². The van der Waals surface area contributed by atoms with Crippen molar-refractivity contribution in [2.24, 2.45) is 0 Å². The largest absolute Gasteiger partial charge is 0.351 e. The molecule has 1 aromatic heterocycles. The minimum absolute atomic E-state index is 0.0199. The van der Waals surface area contributed by atoms with Crippen LogP contribution in [0.5, 0.6) is 0 Å². The maximum atomic E-state index is 12.8. The Morgan fingerprint density at radius 2 is 2.14 bits per heavy atom. The van der Waals surface area contributed by atoms with Gasteiger partial charge < -0.3 is 5.32 Å². The van der Waals surface area contributed by atoms with Crippen LogP contribution in [0.15, 0.2) is 41.1 Å². The second-order valence-corrected chi connectivity index (χ2v) is 6.37. The number of nitrogens with one attached hydrogen (secondary N) is 1. The Hall–Kier alpha value is -1.72. The lowest BCUT2D eigenvalue weighted by Gasteiger charge is -2.23. The molecule has 0 saturated carbocycles. The molecule has 1 N–H and O–H groups in total. The predicted molar refractivity (Wildman–Crippen MR) is 86.1 cm³/mol. The Morgan fingerprint density at radius 3 is 2.86 bits per heavy atom.